The summed E-state index contributed by atoms with van der Waals surface area (Å²) in [4.78, 5) is 6.80. The third-order valence-electron chi connectivity index (χ3n) is 4.20. The number of benzene rings is 2. The van der Waals surface area contributed by atoms with Crippen molar-refractivity contribution in [3.63, 3.8) is 0 Å². The normalized spacial score (nSPS) is 11.2. The minimum Gasteiger partial charge on any atom is -0.338 e. The Hall–Kier alpha value is -2.53. The van der Waals surface area contributed by atoms with Crippen LogP contribution in [0.15, 0.2) is 59.1 Å². The van der Waals surface area contributed by atoms with Crippen LogP contribution < -0.4 is 0 Å². The van der Waals surface area contributed by atoms with E-state index in [4.69, 9.17) is 4.52 Å². The zero-order valence-electron chi connectivity index (χ0n) is 15.1. The van der Waals surface area contributed by atoms with E-state index in [1.165, 1.54) is 17.7 Å². The molecule has 0 unspecified atom stereocenters. The molecule has 136 valence electrons. The lowest BCUT2D eigenvalue weighted by molar-refractivity contribution is 0.216. The Morgan fingerprint density at radius 1 is 1.00 bits per heavy atom. The predicted molar refractivity (Wildman–Crippen MR) is 99.0 cm³/mol. The van der Waals surface area contributed by atoms with E-state index >= 15 is 0 Å². The molecule has 5 heteroatoms. The first kappa shape index (κ1) is 18.3. The summed E-state index contributed by atoms with van der Waals surface area (Å²) in [5, 5.41) is 4.05. The fourth-order valence-corrected chi connectivity index (χ4v) is 2.88. The van der Waals surface area contributed by atoms with E-state index in [0.29, 0.717) is 24.7 Å². The summed E-state index contributed by atoms with van der Waals surface area (Å²) in [5.74, 6) is 0.934. The Labute approximate surface area is 153 Å². The van der Waals surface area contributed by atoms with Gasteiger partial charge in [0.15, 0.2) is 5.82 Å². The van der Waals surface area contributed by atoms with Crippen molar-refractivity contribution in [2.75, 3.05) is 6.54 Å². The molecule has 0 amide bonds. The summed E-state index contributed by atoms with van der Waals surface area (Å²) in [5.41, 5.74) is 2.10. The molecule has 0 aliphatic rings. The van der Waals surface area contributed by atoms with Crippen molar-refractivity contribution < 1.29 is 8.91 Å². The molecular weight excluding hydrogens is 329 g/mol. The Bertz CT molecular complexity index is 804. The number of unbranched alkanes of at least 4 members (excludes halogenated alkanes) is 1. The molecule has 0 radical (unpaired) electrons. The van der Waals surface area contributed by atoms with Gasteiger partial charge in [-0.05, 0) is 36.2 Å². The summed E-state index contributed by atoms with van der Waals surface area (Å²) < 4.78 is 18.7. The summed E-state index contributed by atoms with van der Waals surface area (Å²) in [6, 6.07) is 16.9. The van der Waals surface area contributed by atoms with E-state index in [-0.39, 0.29) is 5.82 Å². The molecule has 0 bridgehead atoms. The van der Waals surface area contributed by atoms with Crippen molar-refractivity contribution >= 4 is 0 Å². The number of aromatic nitrogens is 2. The molecule has 0 saturated carbocycles. The zero-order chi connectivity index (χ0) is 18.2. The molecule has 4 nitrogen and oxygen atoms in total. The minimum atomic E-state index is -0.250. The van der Waals surface area contributed by atoms with Gasteiger partial charge >= 0.3 is 0 Å². The van der Waals surface area contributed by atoms with Gasteiger partial charge in [-0.25, -0.2) is 4.39 Å². The highest BCUT2D eigenvalue weighted by atomic mass is 19.1. The molecule has 26 heavy (non-hydrogen) atoms. The molecule has 0 N–H and O–H groups in total. The van der Waals surface area contributed by atoms with Gasteiger partial charge in [0.25, 0.3) is 0 Å². The molecule has 0 spiro atoms. The Morgan fingerprint density at radius 3 is 2.58 bits per heavy atom. The second-order valence-corrected chi connectivity index (χ2v) is 6.46. The second kappa shape index (κ2) is 9.25. The maximum Gasteiger partial charge on any atom is 0.240 e. The van der Waals surface area contributed by atoms with Crippen LogP contribution in [0.3, 0.4) is 0 Å². The van der Waals surface area contributed by atoms with Gasteiger partial charge in [-0.1, -0.05) is 61.0 Å². The second-order valence-electron chi connectivity index (χ2n) is 6.46. The Morgan fingerprint density at radius 2 is 1.81 bits per heavy atom. The summed E-state index contributed by atoms with van der Waals surface area (Å²) in [6.45, 7) is 4.63. The van der Waals surface area contributed by atoms with E-state index in [2.05, 4.69) is 46.2 Å². The molecule has 0 aliphatic heterocycles. The van der Waals surface area contributed by atoms with Crippen LogP contribution in [0.5, 0.6) is 0 Å². The van der Waals surface area contributed by atoms with Crippen molar-refractivity contribution in [1.29, 1.82) is 0 Å². The van der Waals surface area contributed by atoms with Gasteiger partial charge in [0.2, 0.25) is 5.89 Å². The number of hydrogen-bond donors (Lipinski definition) is 0. The first-order valence-electron chi connectivity index (χ1n) is 9.05. The zero-order valence-corrected chi connectivity index (χ0v) is 15.1. The van der Waals surface area contributed by atoms with Crippen LogP contribution in [0, 0.1) is 5.82 Å². The standard InChI is InChI=1S/C21H24FN3O/c1-2-3-12-25(15-17-8-5-4-6-9-17)16-21-23-20(24-26-21)14-18-10-7-11-19(22)13-18/h4-11,13H,2-3,12,14-16H2,1H3. The largest absolute Gasteiger partial charge is 0.338 e. The molecule has 0 saturated heterocycles. The lowest BCUT2D eigenvalue weighted by atomic mass is 10.1. The van der Waals surface area contributed by atoms with E-state index in [0.717, 1.165) is 31.5 Å². The molecule has 0 fully saturated rings. The van der Waals surface area contributed by atoms with E-state index in [1.54, 1.807) is 6.07 Å². The predicted octanol–water partition coefficient (Wildman–Crippen LogP) is 4.60. The molecule has 3 rings (SSSR count). The molecular formula is C21H24FN3O. The first-order chi connectivity index (χ1) is 12.7. The van der Waals surface area contributed by atoms with Crippen LogP contribution in [-0.2, 0) is 19.5 Å². The van der Waals surface area contributed by atoms with Crippen LogP contribution in [0.2, 0.25) is 0 Å². The maximum absolute atomic E-state index is 13.3. The smallest absolute Gasteiger partial charge is 0.240 e. The van der Waals surface area contributed by atoms with Crippen molar-refractivity contribution in [3.05, 3.63) is 83.3 Å². The van der Waals surface area contributed by atoms with Crippen molar-refractivity contribution in [3.8, 4) is 0 Å². The van der Waals surface area contributed by atoms with Crippen molar-refractivity contribution in [2.45, 2.75) is 39.3 Å². The Kier molecular flexibility index (Phi) is 6.50. The van der Waals surface area contributed by atoms with Crippen LogP contribution in [0.25, 0.3) is 0 Å². The third kappa shape index (κ3) is 5.49. The van der Waals surface area contributed by atoms with Gasteiger partial charge in [-0.15, -0.1) is 0 Å². The van der Waals surface area contributed by atoms with E-state index in [1.807, 2.05) is 12.1 Å². The molecule has 0 aliphatic carbocycles. The summed E-state index contributed by atoms with van der Waals surface area (Å²) >= 11 is 0. The highest BCUT2D eigenvalue weighted by Gasteiger charge is 2.13. The van der Waals surface area contributed by atoms with Gasteiger partial charge in [0.05, 0.1) is 6.54 Å². The van der Waals surface area contributed by atoms with Crippen LogP contribution in [0.4, 0.5) is 4.39 Å². The topological polar surface area (TPSA) is 42.2 Å². The van der Waals surface area contributed by atoms with E-state index < -0.39 is 0 Å². The van der Waals surface area contributed by atoms with Crippen molar-refractivity contribution in [1.82, 2.24) is 15.0 Å². The molecule has 3 aromatic rings. The number of nitrogens with zero attached hydrogens (tertiary/aromatic N) is 3. The highest BCUT2D eigenvalue weighted by Crippen LogP contribution is 2.12. The monoisotopic (exact) mass is 353 g/mol. The fraction of sp³-hybridized carbons (Fsp3) is 0.333. The van der Waals surface area contributed by atoms with Crippen LogP contribution >= 0.6 is 0 Å². The van der Waals surface area contributed by atoms with Crippen LogP contribution in [-0.4, -0.2) is 21.6 Å². The van der Waals surface area contributed by atoms with Gasteiger partial charge in [-0.2, -0.15) is 4.98 Å². The quantitative estimate of drug-likeness (QED) is 0.564. The van der Waals surface area contributed by atoms with Gasteiger partial charge in [0, 0.05) is 13.0 Å². The van der Waals surface area contributed by atoms with Crippen LogP contribution in [0.1, 0.15) is 42.6 Å². The maximum atomic E-state index is 13.3. The van der Waals surface area contributed by atoms with Crippen molar-refractivity contribution in [2.24, 2.45) is 0 Å². The number of rotatable bonds is 9. The summed E-state index contributed by atoms with van der Waals surface area (Å²) in [7, 11) is 0. The SMILES string of the molecule is CCCCN(Cc1ccccc1)Cc1nc(Cc2cccc(F)c2)no1. The molecule has 2 aromatic carbocycles. The third-order valence-corrected chi connectivity index (χ3v) is 4.20. The van der Waals surface area contributed by atoms with E-state index in [9.17, 15) is 4.39 Å². The average molecular weight is 353 g/mol. The average Bonchev–Trinajstić information content (AvgIpc) is 3.07. The fourth-order valence-electron chi connectivity index (χ4n) is 2.88. The molecule has 1 aromatic heterocycles. The number of halogens is 1. The Balaban J connectivity index is 1.64. The van der Waals surface area contributed by atoms with Gasteiger partial charge in [0.1, 0.15) is 5.82 Å². The summed E-state index contributed by atoms with van der Waals surface area (Å²) in [6.07, 6.45) is 2.73. The molecule has 0 atom stereocenters. The molecule has 1 heterocycles. The lowest BCUT2D eigenvalue weighted by Crippen LogP contribution is -2.24. The van der Waals surface area contributed by atoms with Gasteiger partial charge in [-0.3, -0.25) is 4.90 Å². The highest BCUT2D eigenvalue weighted by molar-refractivity contribution is 5.19. The van der Waals surface area contributed by atoms with Gasteiger partial charge < -0.3 is 4.52 Å². The number of hydrogen-bond acceptors (Lipinski definition) is 4. The lowest BCUT2D eigenvalue weighted by Gasteiger charge is -2.20. The minimum absolute atomic E-state index is 0.250. The first-order valence-corrected chi connectivity index (χ1v) is 9.05.